The van der Waals surface area contributed by atoms with E-state index in [1.165, 1.54) is 16.5 Å². The van der Waals surface area contributed by atoms with E-state index in [-0.39, 0.29) is 0 Å². The van der Waals surface area contributed by atoms with Crippen LogP contribution in [0.15, 0.2) is 35.8 Å². The summed E-state index contributed by atoms with van der Waals surface area (Å²) in [5.41, 5.74) is 3.73. The van der Waals surface area contributed by atoms with Crippen LogP contribution in [0.1, 0.15) is 11.1 Å². The standard InChI is InChI=1S/C17H20N2O2S/c1-20-14-3-4-16-15(8-14)13(10-19-16)5-6-18-9-12-7-17(21-2)22-11-12/h3-4,7-8,10-11,18-19H,5-6,9H2,1-2H3. The zero-order chi connectivity index (χ0) is 15.4. The van der Waals surface area contributed by atoms with Crippen molar-refractivity contribution in [3.8, 4) is 10.8 Å². The van der Waals surface area contributed by atoms with Gasteiger partial charge < -0.3 is 19.8 Å². The lowest BCUT2D eigenvalue weighted by molar-refractivity contribution is 0.415. The normalized spacial score (nSPS) is 11.0. The van der Waals surface area contributed by atoms with Gasteiger partial charge in [0.1, 0.15) is 5.75 Å². The molecule has 0 fully saturated rings. The topological polar surface area (TPSA) is 46.3 Å². The molecule has 2 N–H and O–H groups in total. The van der Waals surface area contributed by atoms with Gasteiger partial charge in [-0.2, -0.15) is 0 Å². The molecule has 3 rings (SSSR count). The second-order valence-electron chi connectivity index (χ2n) is 5.13. The molecule has 2 heterocycles. The van der Waals surface area contributed by atoms with E-state index < -0.39 is 0 Å². The molecule has 22 heavy (non-hydrogen) atoms. The molecule has 0 unspecified atom stereocenters. The predicted octanol–water partition coefficient (Wildman–Crippen LogP) is 3.58. The number of H-pyrrole nitrogens is 1. The van der Waals surface area contributed by atoms with Crippen molar-refractivity contribution in [2.45, 2.75) is 13.0 Å². The van der Waals surface area contributed by atoms with Gasteiger partial charge in [0.25, 0.3) is 0 Å². The van der Waals surface area contributed by atoms with Crippen molar-refractivity contribution < 1.29 is 9.47 Å². The number of hydrogen-bond donors (Lipinski definition) is 2. The molecule has 3 aromatic rings. The molecule has 0 amide bonds. The minimum absolute atomic E-state index is 0.867. The lowest BCUT2D eigenvalue weighted by Gasteiger charge is -2.04. The first-order valence-corrected chi connectivity index (χ1v) is 8.14. The van der Waals surface area contributed by atoms with Gasteiger partial charge in [-0.15, -0.1) is 11.3 Å². The van der Waals surface area contributed by atoms with Crippen molar-refractivity contribution in [2.75, 3.05) is 20.8 Å². The van der Waals surface area contributed by atoms with Crippen LogP contribution in [-0.4, -0.2) is 25.7 Å². The zero-order valence-corrected chi connectivity index (χ0v) is 13.6. The van der Waals surface area contributed by atoms with E-state index in [9.17, 15) is 0 Å². The van der Waals surface area contributed by atoms with E-state index in [2.05, 4.69) is 40.1 Å². The Morgan fingerprint density at radius 1 is 1.18 bits per heavy atom. The smallest absolute Gasteiger partial charge is 0.173 e. The molecule has 0 aliphatic carbocycles. The Bertz CT molecular complexity index is 748. The van der Waals surface area contributed by atoms with Gasteiger partial charge in [-0.3, -0.25) is 0 Å². The first-order chi connectivity index (χ1) is 10.8. The second-order valence-corrected chi connectivity index (χ2v) is 6.00. The minimum atomic E-state index is 0.867. The molecule has 0 spiro atoms. The molecule has 0 saturated heterocycles. The summed E-state index contributed by atoms with van der Waals surface area (Å²) in [5.74, 6) is 0.895. The van der Waals surface area contributed by atoms with Gasteiger partial charge >= 0.3 is 0 Å². The Balaban J connectivity index is 1.57. The Morgan fingerprint density at radius 2 is 2.09 bits per heavy atom. The molecule has 0 aliphatic heterocycles. The monoisotopic (exact) mass is 316 g/mol. The van der Waals surface area contributed by atoms with E-state index in [0.29, 0.717) is 0 Å². The van der Waals surface area contributed by atoms with E-state index >= 15 is 0 Å². The van der Waals surface area contributed by atoms with Gasteiger partial charge in [-0.05, 0) is 53.7 Å². The molecule has 0 aliphatic rings. The van der Waals surface area contributed by atoms with Crippen LogP contribution in [-0.2, 0) is 13.0 Å². The summed E-state index contributed by atoms with van der Waals surface area (Å²) in [6, 6.07) is 8.20. The van der Waals surface area contributed by atoms with Crippen LogP contribution in [0.5, 0.6) is 10.8 Å². The number of thiophene rings is 1. The number of nitrogens with one attached hydrogen (secondary N) is 2. The highest BCUT2D eigenvalue weighted by atomic mass is 32.1. The second kappa shape index (κ2) is 6.85. The highest BCUT2D eigenvalue weighted by Crippen LogP contribution is 2.24. The van der Waals surface area contributed by atoms with Gasteiger partial charge in [0.15, 0.2) is 5.06 Å². The van der Waals surface area contributed by atoms with E-state index in [0.717, 1.165) is 35.8 Å². The third kappa shape index (κ3) is 3.26. The van der Waals surface area contributed by atoms with Gasteiger partial charge in [0, 0.05) is 23.6 Å². The molecule has 116 valence electrons. The molecule has 2 aromatic heterocycles. The number of aromatic amines is 1. The quantitative estimate of drug-likeness (QED) is 0.655. The number of methoxy groups -OCH3 is 2. The molecule has 0 radical (unpaired) electrons. The molecule has 0 atom stereocenters. The van der Waals surface area contributed by atoms with Gasteiger partial charge in [0.2, 0.25) is 0 Å². The fourth-order valence-corrected chi connectivity index (χ4v) is 3.23. The Morgan fingerprint density at radius 3 is 2.86 bits per heavy atom. The molecular weight excluding hydrogens is 296 g/mol. The zero-order valence-electron chi connectivity index (χ0n) is 12.8. The number of ether oxygens (including phenoxy) is 2. The average molecular weight is 316 g/mol. The number of benzene rings is 1. The highest BCUT2D eigenvalue weighted by Gasteiger charge is 2.05. The van der Waals surface area contributed by atoms with Gasteiger partial charge in [0.05, 0.1) is 14.2 Å². The third-order valence-corrected chi connectivity index (χ3v) is 4.64. The third-order valence-electron chi connectivity index (χ3n) is 3.71. The Labute approximate surface area is 134 Å². The minimum Gasteiger partial charge on any atom is -0.497 e. The summed E-state index contributed by atoms with van der Waals surface area (Å²) in [4.78, 5) is 3.31. The number of hydrogen-bond acceptors (Lipinski definition) is 4. The lowest BCUT2D eigenvalue weighted by atomic mass is 10.1. The first-order valence-electron chi connectivity index (χ1n) is 7.26. The maximum absolute atomic E-state index is 5.30. The maximum Gasteiger partial charge on any atom is 0.173 e. The number of rotatable bonds is 7. The molecule has 0 bridgehead atoms. The molecule has 0 saturated carbocycles. The van der Waals surface area contributed by atoms with Crippen molar-refractivity contribution in [3.63, 3.8) is 0 Å². The summed E-state index contributed by atoms with van der Waals surface area (Å²) >= 11 is 1.63. The van der Waals surface area contributed by atoms with Gasteiger partial charge in [-0.25, -0.2) is 0 Å². The van der Waals surface area contributed by atoms with Crippen LogP contribution in [0.2, 0.25) is 0 Å². The summed E-state index contributed by atoms with van der Waals surface area (Å²) in [5, 5.41) is 7.80. The largest absolute Gasteiger partial charge is 0.497 e. The number of aromatic nitrogens is 1. The van der Waals surface area contributed by atoms with Crippen molar-refractivity contribution in [1.29, 1.82) is 0 Å². The average Bonchev–Trinajstić information content (AvgIpc) is 3.17. The highest BCUT2D eigenvalue weighted by molar-refractivity contribution is 7.12. The summed E-state index contributed by atoms with van der Waals surface area (Å²) < 4.78 is 10.5. The van der Waals surface area contributed by atoms with Crippen LogP contribution >= 0.6 is 11.3 Å². The van der Waals surface area contributed by atoms with Crippen molar-refractivity contribution >= 4 is 22.2 Å². The van der Waals surface area contributed by atoms with Crippen LogP contribution in [0.4, 0.5) is 0 Å². The molecule has 5 heteroatoms. The van der Waals surface area contributed by atoms with Crippen molar-refractivity contribution in [3.05, 3.63) is 47.0 Å². The maximum atomic E-state index is 5.30. The Kier molecular flexibility index (Phi) is 4.65. The summed E-state index contributed by atoms with van der Waals surface area (Å²) in [6.45, 7) is 1.80. The van der Waals surface area contributed by atoms with Crippen molar-refractivity contribution in [2.24, 2.45) is 0 Å². The van der Waals surface area contributed by atoms with E-state index in [1.807, 2.05) is 6.07 Å². The number of fused-ring (bicyclic) bond motifs is 1. The van der Waals surface area contributed by atoms with E-state index in [1.54, 1.807) is 25.6 Å². The van der Waals surface area contributed by atoms with Crippen LogP contribution in [0, 0.1) is 0 Å². The van der Waals surface area contributed by atoms with Crippen LogP contribution < -0.4 is 14.8 Å². The summed E-state index contributed by atoms with van der Waals surface area (Å²) in [6.07, 6.45) is 3.06. The first kappa shape index (κ1) is 14.9. The van der Waals surface area contributed by atoms with Crippen molar-refractivity contribution in [1.82, 2.24) is 10.3 Å². The van der Waals surface area contributed by atoms with E-state index in [4.69, 9.17) is 9.47 Å². The Hall–Kier alpha value is -1.98. The molecular formula is C17H20N2O2S. The fourth-order valence-electron chi connectivity index (χ4n) is 2.50. The lowest BCUT2D eigenvalue weighted by Crippen LogP contribution is -2.16. The van der Waals surface area contributed by atoms with Gasteiger partial charge in [-0.1, -0.05) is 0 Å². The SMILES string of the molecule is COc1ccc2[nH]cc(CCNCc3csc(OC)c3)c2c1. The van der Waals surface area contributed by atoms with Crippen LogP contribution in [0.25, 0.3) is 10.9 Å². The molecule has 1 aromatic carbocycles. The molecule has 4 nitrogen and oxygen atoms in total. The predicted molar refractivity (Wildman–Crippen MR) is 91.1 cm³/mol. The van der Waals surface area contributed by atoms with Crippen LogP contribution in [0.3, 0.4) is 0 Å². The fraction of sp³-hybridized carbons (Fsp3) is 0.294. The summed E-state index contributed by atoms with van der Waals surface area (Å²) in [7, 11) is 3.40.